The minimum Gasteiger partial charge on any atom is -0.487 e. The van der Waals surface area contributed by atoms with Crippen LogP contribution in [0.1, 0.15) is 39.2 Å². The Kier molecular flexibility index (Phi) is 5.79. The summed E-state index contributed by atoms with van der Waals surface area (Å²) >= 11 is 3.29. The van der Waals surface area contributed by atoms with E-state index in [2.05, 4.69) is 36.7 Å². The van der Waals surface area contributed by atoms with E-state index in [4.69, 9.17) is 4.74 Å². The molecule has 0 unspecified atom stereocenters. The normalized spacial score (nSPS) is 11.4. The van der Waals surface area contributed by atoms with Crippen LogP contribution in [0.5, 0.6) is 5.75 Å². The molecule has 0 aromatic heterocycles. The maximum absolute atomic E-state index is 11.0. The lowest BCUT2D eigenvalue weighted by Gasteiger charge is -2.17. The Morgan fingerprint density at radius 2 is 2.05 bits per heavy atom. The van der Waals surface area contributed by atoms with E-state index in [0.29, 0.717) is 17.7 Å². The zero-order valence-electron chi connectivity index (χ0n) is 11.6. The molecule has 0 spiro atoms. The van der Waals surface area contributed by atoms with E-state index < -0.39 is 4.92 Å². The molecule has 0 aliphatic rings. The predicted molar refractivity (Wildman–Crippen MR) is 79.9 cm³/mol. The molecule has 1 aromatic rings. The van der Waals surface area contributed by atoms with Crippen LogP contribution < -0.4 is 4.74 Å². The monoisotopic (exact) mass is 329 g/mol. The van der Waals surface area contributed by atoms with Gasteiger partial charge in [0.2, 0.25) is 0 Å². The molecule has 0 aliphatic heterocycles. The zero-order valence-corrected chi connectivity index (χ0v) is 13.2. The van der Waals surface area contributed by atoms with Crippen LogP contribution in [-0.4, -0.2) is 11.5 Å². The smallest absolute Gasteiger partial charge is 0.311 e. The van der Waals surface area contributed by atoms with Crippen molar-refractivity contribution < 1.29 is 9.66 Å². The van der Waals surface area contributed by atoms with Crippen LogP contribution in [0.4, 0.5) is 5.69 Å². The first kappa shape index (κ1) is 16.0. The zero-order chi connectivity index (χ0) is 14.5. The van der Waals surface area contributed by atoms with Gasteiger partial charge in [-0.25, -0.2) is 0 Å². The molecular formula is C14H20BrNO3. The summed E-state index contributed by atoms with van der Waals surface area (Å²) in [5, 5.41) is 11.6. The molecule has 0 bridgehead atoms. The van der Waals surface area contributed by atoms with Gasteiger partial charge in [0.05, 0.1) is 11.5 Å². The summed E-state index contributed by atoms with van der Waals surface area (Å²) in [6.07, 6.45) is 1.92. The number of hydrogen-bond donors (Lipinski definition) is 0. The minimum absolute atomic E-state index is 0.0349. The molecule has 1 aromatic carbocycles. The first-order valence-corrected chi connectivity index (χ1v) is 7.42. The van der Waals surface area contributed by atoms with Crippen molar-refractivity contribution in [3.63, 3.8) is 0 Å². The number of ether oxygens (including phenoxy) is 1. The van der Waals surface area contributed by atoms with Gasteiger partial charge in [0.1, 0.15) is 0 Å². The summed E-state index contributed by atoms with van der Waals surface area (Å²) in [6.45, 7) is 7.01. The number of hydrogen-bond acceptors (Lipinski definition) is 3. The van der Waals surface area contributed by atoms with Gasteiger partial charge in [-0.1, -0.05) is 42.8 Å². The lowest BCUT2D eigenvalue weighted by molar-refractivity contribution is -0.385. The van der Waals surface area contributed by atoms with Gasteiger partial charge in [-0.05, 0) is 29.9 Å². The molecule has 5 heteroatoms. The fraction of sp³-hybridized carbons (Fsp3) is 0.571. The Hall–Kier alpha value is -1.10. The largest absolute Gasteiger partial charge is 0.487 e. The average molecular weight is 330 g/mol. The fourth-order valence-corrected chi connectivity index (χ4v) is 2.04. The number of benzene rings is 1. The second-order valence-electron chi connectivity index (χ2n) is 5.71. The highest BCUT2D eigenvalue weighted by molar-refractivity contribution is 9.08. The highest BCUT2D eigenvalue weighted by Crippen LogP contribution is 2.29. The second-order valence-corrected chi connectivity index (χ2v) is 6.27. The molecule has 19 heavy (non-hydrogen) atoms. The van der Waals surface area contributed by atoms with Crippen LogP contribution in [-0.2, 0) is 5.33 Å². The Morgan fingerprint density at radius 3 is 2.58 bits per heavy atom. The summed E-state index contributed by atoms with van der Waals surface area (Å²) in [5.41, 5.74) is 1.16. The van der Waals surface area contributed by atoms with Gasteiger partial charge in [-0.3, -0.25) is 10.1 Å². The predicted octanol–water partition coefficient (Wildman–Crippen LogP) is 4.69. The minimum atomic E-state index is -0.398. The summed E-state index contributed by atoms with van der Waals surface area (Å²) in [5.74, 6) is 0.351. The number of rotatable bonds is 6. The van der Waals surface area contributed by atoms with Crippen molar-refractivity contribution in [2.45, 2.75) is 38.9 Å². The van der Waals surface area contributed by atoms with Crippen LogP contribution in [0.25, 0.3) is 0 Å². The van der Waals surface area contributed by atoms with Crippen molar-refractivity contribution >= 4 is 21.6 Å². The Morgan fingerprint density at radius 1 is 1.37 bits per heavy atom. The molecule has 0 fully saturated rings. The van der Waals surface area contributed by atoms with E-state index in [0.717, 1.165) is 18.4 Å². The van der Waals surface area contributed by atoms with E-state index in [9.17, 15) is 10.1 Å². The molecule has 0 saturated carbocycles. The van der Waals surface area contributed by atoms with Crippen molar-refractivity contribution in [1.29, 1.82) is 0 Å². The fourth-order valence-electron chi connectivity index (χ4n) is 1.70. The summed E-state index contributed by atoms with van der Waals surface area (Å²) < 4.78 is 5.54. The second kappa shape index (κ2) is 6.89. The van der Waals surface area contributed by atoms with Crippen molar-refractivity contribution in [2.24, 2.45) is 5.41 Å². The molecule has 0 heterocycles. The van der Waals surface area contributed by atoms with Gasteiger partial charge < -0.3 is 4.74 Å². The van der Waals surface area contributed by atoms with Gasteiger partial charge in [-0.2, -0.15) is 0 Å². The van der Waals surface area contributed by atoms with Crippen molar-refractivity contribution in [3.8, 4) is 5.75 Å². The molecule has 106 valence electrons. The Balaban J connectivity index is 2.65. The highest BCUT2D eigenvalue weighted by Gasteiger charge is 2.16. The number of alkyl halides is 1. The topological polar surface area (TPSA) is 52.4 Å². The first-order chi connectivity index (χ1) is 8.83. The number of nitrogens with zero attached hydrogens (tertiary/aromatic N) is 1. The first-order valence-electron chi connectivity index (χ1n) is 6.29. The van der Waals surface area contributed by atoms with Gasteiger partial charge in [0.25, 0.3) is 0 Å². The lowest BCUT2D eigenvalue weighted by atomic mass is 9.91. The molecule has 0 radical (unpaired) electrons. The third kappa shape index (κ3) is 5.59. The van der Waals surface area contributed by atoms with Crippen molar-refractivity contribution in [2.75, 3.05) is 6.61 Å². The summed E-state index contributed by atoms with van der Waals surface area (Å²) in [6, 6.07) is 5.06. The van der Waals surface area contributed by atoms with Gasteiger partial charge in [0.15, 0.2) is 5.75 Å². The van der Waals surface area contributed by atoms with E-state index in [1.54, 1.807) is 12.1 Å². The number of halogens is 1. The highest BCUT2D eigenvalue weighted by atomic mass is 79.9. The SMILES string of the molecule is CC(C)(C)CCCOc1ccc(CBr)cc1[N+](=O)[O-]. The molecular weight excluding hydrogens is 310 g/mol. The lowest BCUT2D eigenvalue weighted by Crippen LogP contribution is -2.08. The average Bonchev–Trinajstić information content (AvgIpc) is 2.33. The molecule has 0 saturated heterocycles. The van der Waals surface area contributed by atoms with E-state index >= 15 is 0 Å². The third-order valence-corrected chi connectivity index (χ3v) is 3.35. The molecule has 4 nitrogen and oxygen atoms in total. The molecule has 1 rings (SSSR count). The maximum atomic E-state index is 11.0. The van der Waals surface area contributed by atoms with Crippen molar-refractivity contribution in [3.05, 3.63) is 33.9 Å². The van der Waals surface area contributed by atoms with Crippen molar-refractivity contribution in [1.82, 2.24) is 0 Å². The number of nitro benzene ring substituents is 1. The van der Waals surface area contributed by atoms with Crippen LogP contribution in [0.15, 0.2) is 18.2 Å². The Labute approximate surface area is 122 Å². The molecule has 0 N–H and O–H groups in total. The molecule has 0 aliphatic carbocycles. The molecule has 0 amide bonds. The standard InChI is InChI=1S/C14H20BrNO3/c1-14(2,3)7-4-8-19-13-6-5-11(10-15)9-12(13)16(17)18/h5-6,9H,4,7-8,10H2,1-3H3. The van der Waals surface area contributed by atoms with E-state index in [-0.39, 0.29) is 11.1 Å². The number of nitro groups is 1. The van der Waals surface area contributed by atoms with Gasteiger partial charge in [-0.15, -0.1) is 0 Å². The third-order valence-electron chi connectivity index (χ3n) is 2.70. The summed E-state index contributed by atoms with van der Waals surface area (Å²) in [4.78, 5) is 10.6. The van der Waals surface area contributed by atoms with Crippen LogP contribution in [0.3, 0.4) is 0 Å². The maximum Gasteiger partial charge on any atom is 0.311 e. The quantitative estimate of drug-likeness (QED) is 0.329. The van der Waals surface area contributed by atoms with Crippen LogP contribution in [0.2, 0.25) is 0 Å². The molecule has 0 atom stereocenters. The van der Waals surface area contributed by atoms with Gasteiger partial charge >= 0.3 is 5.69 Å². The van der Waals surface area contributed by atoms with E-state index in [1.807, 2.05) is 6.07 Å². The van der Waals surface area contributed by atoms with Gasteiger partial charge in [0, 0.05) is 11.4 Å². The van der Waals surface area contributed by atoms with E-state index in [1.165, 1.54) is 0 Å². The van der Waals surface area contributed by atoms with Crippen LogP contribution in [0, 0.1) is 15.5 Å². The Bertz CT molecular complexity index is 441. The summed E-state index contributed by atoms with van der Waals surface area (Å²) in [7, 11) is 0. The van der Waals surface area contributed by atoms with Crippen LogP contribution >= 0.6 is 15.9 Å².